The molecule has 0 amide bonds. The highest BCUT2D eigenvalue weighted by atomic mass is 16.1. The van der Waals surface area contributed by atoms with Gasteiger partial charge in [-0.3, -0.25) is 14.8 Å². The zero-order chi connectivity index (χ0) is 11.7. The molecule has 0 radical (unpaired) electrons. The predicted octanol–water partition coefficient (Wildman–Crippen LogP) is 2.16. The van der Waals surface area contributed by atoms with Crippen LogP contribution in [0.5, 0.6) is 0 Å². The summed E-state index contributed by atoms with van der Waals surface area (Å²) in [6, 6.07) is 0. The van der Waals surface area contributed by atoms with Gasteiger partial charge in [0.2, 0.25) is 0 Å². The van der Waals surface area contributed by atoms with E-state index in [2.05, 4.69) is 22.5 Å². The first-order valence-electron chi connectivity index (χ1n) is 4.45. The van der Waals surface area contributed by atoms with Gasteiger partial charge in [0.15, 0.2) is 0 Å². The summed E-state index contributed by atoms with van der Waals surface area (Å²) in [5.41, 5.74) is 1.24. The van der Waals surface area contributed by atoms with E-state index in [0.717, 1.165) is 0 Å². The minimum absolute atomic E-state index is 0.0529. The standard InChI is InChI=1S/C12H14N2O/c1-5-7-12(11(4)13-6-2)14-9-8-10(3)15/h1,6-7,9H,2,8H2,3-4H3/b12-7-,13-11?,14-9?. The molecule has 0 aromatic rings. The lowest BCUT2D eigenvalue weighted by atomic mass is 10.3. The molecule has 0 atom stereocenters. The van der Waals surface area contributed by atoms with Crippen LogP contribution in [0.25, 0.3) is 0 Å². The van der Waals surface area contributed by atoms with Gasteiger partial charge >= 0.3 is 0 Å². The van der Waals surface area contributed by atoms with Crippen LogP contribution in [0.15, 0.2) is 34.5 Å². The molecular formula is C12H14N2O. The minimum Gasteiger partial charge on any atom is -0.300 e. The van der Waals surface area contributed by atoms with E-state index in [-0.39, 0.29) is 5.78 Å². The van der Waals surface area contributed by atoms with Gasteiger partial charge in [0.05, 0.1) is 11.4 Å². The quantitative estimate of drug-likeness (QED) is 0.497. The lowest BCUT2D eigenvalue weighted by Gasteiger charge is -1.97. The Labute approximate surface area is 90.3 Å². The van der Waals surface area contributed by atoms with E-state index in [9.17, 15) is 4.79 Å². The Balaban J connectivity index is 4.72. The molecule has 0 fully saturated rings. The number of aliphatic imine (C=N–C) groups is 2. The molecule has 0 N–H and O–H groups in total. The van der Waals surface area contributed by atoms with Gasteiger partial charge in [-0.15, -0.1) is 6.42 Å². The van der Waals surface area contributed by atoms with Crippen LogP contribution >= 0.6 is 0 Å². The first-order chi connectivity index (χ1) is 7.11. The molecule has 0 aliphatic carbocycles. The third-order valence-corrected chi connectivity index (χ3v) is 1.48. The maximum absolute atomic E-state index is 10.7. The first kappa shape index (κ1) is 13.1. The van der Waals surface area contributed by atoms with E-state index >= 15 is 0 Å². The van der Waals surface area contributed by atoms with E-state index < -0.39 is 0 Å². The van der Waals surface area contributed by atoms with Gasteiger partial charge in [0.1, 0.15) is 5.78 Å². The minimum atomic E-state index is 0.0529. The molecule has 15 heavy (non-hydrogen) atoms. The van der Waals surface area contributed by atoms with Crippen molar-refractivity contribution in [1.29, 1.82) is 0 Å². The number of ketones is 1. The number of Topliss-reactive ketones (excluding diaryl/α,β-unsaturated/α-hetero) is 1. The monoisotopic (exact) mass is 202 g/mol. The predicted molar refractivity (Wildman–Crippen MR) is 64.0 cm³/mol. The summed E-state index contributed by atoms with van der Waals surface area (Å²) in [5, 5.41) is 0. The summed E-state index contributed by atoms with van der Waals surface area (Å²) >= 11 is 0. The Hall–Kier alpha value is -1.95. The fourth-order valence-corrected chi connectivity index (χ4v) is 0.790. The molecule has 78 valence electrons. The number of hydrogen-bond donors (Lipinski definition) is 0. The Morgan fingerprint density at radius 2 is 2.20 bits per heavy atom. The van der Waals surface area contributed by atoms with Crippen LogP contribution in [0.3, 0.4) is 0 Å². The average Bonchev–Trinajstić information content (AvgIpc) is 2.16. The van der Waals surface area contributed by atoms with Crippen molar-refractivity contribution >= 4 is 17.7 Å². The van der Waals surface area contributed by atoms with Crippen LogP contribution in [-0.4, -0.2) is 17.7 Å². The lowest BCUT2D eigenvalue weighted by molar-refractivity contribution is -0.115. The highest BCUT2D eigenvalue weighted by molar-refractivity contribution is 6.00. The Bertz CT molecular complexity index is 368. The summed E-state index contributed by atoms with van der Waals surface area (Å²) in [5.74, 6) is 2.42. The van der Waals surface area contributed by atoms with Crippen LogP contribution < -0.4 is 0 Å². The van der Waals surface area contributed by atoms with E-state index in [1.165, 1.54) is 25.4 Å². The second-order valence-corrected chi connectivity index (χ2v) is 2.81. The zero-order valence-electron chi connectivity index (χ0n) is 9.03. The van der Waals surface area contributed by atoms with Crippen LogP contribution in [0.1, 0.15) is 20.3 Å². The van der Waals surface area contributed by atoms with Gasteiger partial charge in [0, 0.05) is 24.9 Å². The summed E-state index contributed by atoms with van der Waals surface area (Å²) in [6.45, 7) is 6.75. The van der Waals surface area contributed by atoms with E-state index in [0.29, 0.717) is 17.8 Å². The highest BCUT2D eigenvalue weighted by Crippen LogP contribution is 2.00. The maximum atomic E-state index is 10.7. The summed E-state index contributed by atoms with van der Waals surface area (Å²) in [7, 11) is 0. The van der Waals surface area contributed by atoms with Gasteiger partial charge < -0.3 is 0 Å². The second-order valence-electron chi connectivity index (χ2n) is 2.81. The molecule has 0 aromatic heterocycles. The molecule has 0 saturated carbocycles. The third kappa shape index (κ3) is 6.17. The van der Waals surface area contributed by atoms with Crippen molar-refractivity contribution in [3.8, 4) is 12.3 Å². The van der Waals surface area contributed by atoms with Gasteiger partial charge in [-0.05, 0) is 13.8 Å². The largest absolute Gasteiger partial charge is 0.300 e. The lowest BCUT2D eigenvalue weighted by Crippen LogP contribution is -1.96. The molecule has 0 spiro atoms. The third-order valence-electron chi connectivity index (χ3n) is 1.48. The number of allylic oxidation sites excluding steroid dienone is 2. The summed E-state index contributed by atoms with van der Waals surface area (Å²) < 4.78 is 0. The molecule has 3 nitrogen and oxygen atoms in total. The summed E-state index contributed by atoms with van der Waals surface area (Å²) in [4.78, 5) is 18.7. The van der Waals surface area contributed by atoms with E-state index in [4.69, 9.17) is 6.42 Å². The molecule has 0 rings (SSSR count). The normalized spacial score (nSPS) is 12.6. The van der Waals surface area contributed by atoms with Crippen molar-refractivity contribution in [2.75, 3.05) is 0 Å². The van der Waals surface area contributed by atoms with Gasteiger partial charge in [-0.1, -0.05) is 12.5 Å². The van der Waals surface area contributed by atoms with Crippen LogP contribution in [-0.2, 0) is 4.79 Å². The molecule has 3 heteroatoms. The van der Waals surface area contributed by atoms with Crippen molar-refractivity contribution in [2.45, 2.75) is 20.3 Å². The number of nitrogens with zero attached hydrogens (tertiary/aromatic N) is 2. The van der Waals surface area contributed by atoms with Crippen molar-refractivity contribution < 1.29 is 4.79 Å². The zero-order valence-corrected chi connectivity index (χ0v) is 9.03. The molecule has 0 bridgehead atoms. The Morgan fingerprint density at radius 1 is 1.53 bits per heavy atom. The van der Waals surface area contributed by atoms with Crippen LogP contribution in [0, 0.1) is 12.3 Å². The molecule has 0 saturated heterocycles. The molecule has 0 aliphatic heterocycles. The number of terminal acetylenes is 1. The fourth-order valence-electron chi connectivity index (χ4n) is 0.790. The van der Waals surface area contributed by atoms with Crippen molar-refractivity contribution in [3.05, 3.63) is 24.6 Å². The molecule has 0 aromatic carbocycles. The number of rotatable bonds is 5. The number of carbonyl (C=O) groups is 1. The van der Waals surface area contributed by atoms with Crippen molar-refractivity contribution in [2.24, 2.45) is 9.98 Å². The maximum Gasteiger partial charge on any atom is 0.135 e. The second kappa shape index (κ2) is 7.45. The SMILES string of the molecule is C#C/C=C(\N=CCC(C)=O)C(C)=NC=C. The highest BCUT2D eigenvalue weighted by Gasteiger charge is 1.97. The Kier molecular flexibility index (Phi) is 6.48. The number of carbonyl (C=O) groups excluding carboxylic acids is 1. The van der Waals surface area contributed by atoms with Crippen molar-refractivity contribution in [1.82, 2.24) is 0 Å². The van der Waals surface area contributed by atoms with Crippen LogP contribution in [0.2, 0.25) is 0 Å². The fraction of sp³-hybridized carbons (Fsp3) is 0.250. The van der Waals surface area contributed by atoms with Gasteiger partial charge in [0.25, 0.3) is 0 Å². The molecule has 0 aliphatic rings. The van der Waals surface area contributed by atoms with Gasteiger partial charge in [-0.25, -0.2) is 0 Å². The van der Waals surface area contributed by atoms with Gasteiger partial charge in [-0.2, -0.15) is 0 Å². The van der Waals surface area contributed by atoms with Crippen molar-refractivity contribution in [3.63, 3.8) is 0 Å². The van der Waals surface area contributed by atoms with E-state index in [1.807, 2.05) is 0 Å². The first-order valence-corrected chi connectivity index (χ1v) is 4.45. The average molecular weight is 202 g/mol. The topological polar surface area (TPSA) is 41.8 Å². The number of hydrogen-bond acceptors (Lipinski definition) is 3. The van der Waals surface area contributed by atoms with E-state index in [1.54, 1.807) is 6.92 Å². The molecule has 0 unspecified atom stereocenters. The molecule has 0 heterocycles. The molecular weight excluding hydrogens is 188 g/mol. The smallest absolute Gasteiger partial charge is 0.135 e. The van der Waals surface area contributed by atoms with Crippen LogP contribution in [0.4, 0.5) is 0 Å². The summed E-state index contributed by atoms with van der Waals surface area (Å²) in [6.07, 6.45) is 9.88. The Morgan fingerprint density at radius 3 is 2.67 bits per heavy atom.